The second-order valence-electron chi connectivity index (χ2n) is 7.98. The summed E-state index contributed by atoms with van der Waals surface area (Å²) in [4.78, 5) is 24.3. The molecule has 37 heavy (non-hydrogen) atoms. The van der Waals surface area contributed by atoms with E-state index in [4.69, 9.17) is 9.47 Å². The van der Waals surface area contributed by atoms with Crippen molar-refractivity contribution in [3.63, 3.8) is 0 Å². The van der Waals surface area contributed by atoms with Crippen LogP contribution in [0.5, 0.6) is 11.5 Å². The van der Waals surface area contributed by atoms with Crippen LogP contribution in [0.1, 0.15) is 42.0 Å². The molecule has 0 aliphatic carbocycles. The van der Waals surface area contributed by atoms with Crippen molar-refractivity contribution in [3.8, 4) is 17.6 Å². The monoisotopic (exact) mass is 562 g/mol. The average Bonchev–Trinajstić information content (AvgIpc) is 2.89. The highest BCUT2D eigenvalue weighted by atomic mass is 79.9. The molecule has 2 amide bonds. The minimum atomic E-state index is -0.378. The van der Waals surface area contributed by atoms with Crippen LogP contribution in [0.3, 0.4) is 0 Å². The predicted molar refractivity (Wildman–Crippen MR) is 146 cm³/mol. The molecule has 9 heteroatoms. The molecule has 3 aromatic rings. The van der Waals surface area contributed by atoms with E-state index in [-0.39, 0.29) is 31.3 Å². The molecule has 3 rings (SSSR count). The van der Waals surface area contributed by atoms with E-state index in [1.165, 1.54) is 6.21 Å². The standard InChI is InChI=1S/C28H27BrN4O4/c1-3-36-25-15-20(14-23(29)28(25)37-18-22-10-6-5-9-21(22)16-30)17-31-33-27(35)13-12-26(34)32-24-11-7-4-8-19(24)2/h4-11,14-15,17H,3,12-13,18H2,1-2H3,(H,32,34)(H,33,35). The molecule has 0 unspecified atom stereocenters. The normalized spacial score (nSPS) is 10.5. The molecule has 3 aromatic carbocycles. The summed E-state index contributed by atoms with van der Waals surface area (Å²) in [5, 5.41) is 16.1. The van der Waals surface area contributed by atoms with Crippen LogP contribution in [-0.4, -0.2) is 24.6 Å². The summed E-state index contributed by atoms with van der Waals surface area (Å²) in [6.07, 6.45) is 1.52. The van der Waals surface area contributed by atoms with Crippen molar-refractivity contribution in [3.05, 3.63) is 87.4 Å². The molecule has 0 saturated heterocycles. The number of nitriles is 1. The largest absolute Gasteiger partial charge is 0.490 e. The van der Waals surface area contributed by atoms with Gasteiger partial charge >= 0.3 is 0 Å². The molecule has 0 aliphatic heterocycles. The smallest absolute Gasteiger partial charge is 0.240 e. The van der Waals surface area contributed by atoms with Gasteiger partial charge in [-0.2, -0.15) is 10.4 Å². The fraction of sp³-hybridized carbons (Fsp3) is 0.214. The number of para-hydroxylation sites is 1. The topological polar surface area (TPSA) is 113 Å². The van der Waals surface area contributed by atoms with Gasteiger partial charge in [0.25, 0.3) is 0 Å². The first kappa shape index (κ1) is 27.4. The van der Waals surface area contributed by atoms with E-state index < -0.39 is 0 Å². The van der Waals surface area contributed by atoms with Gasteiger partial charge < -0.3 is 14.8 Å². The highest BCUT2D eigenvalue weighted by Gasteiger charge is 2.13. The minimum absolute atomic E-state index is 0.000105. The predicted octanol–water partition coefficient (Wildman–Crippen LogP) is 5.48. The lowest BCUT2D eigenvalue weighted by molar-refractivity contribution is -0.124. The number of anilines is 1. The van der Waals surface area contributed by atoms with Crippen LogP contribution in [0.25, 0.3) is 0 Å². The fourth-order valence-corrected chi connectivity index (χ4v) is 3.93. The van der Waals surface area contributed by atoms with Crippen molar-refractivity contribution in [2.75, 3.05) is 11.9 Å². The number of hydrogen-bond donors (Lipinski definition) is 2. The van der Waals surface area contributed by atoms with Gasteiger partial charge in [0.15, 0.2) is 11.5 Å². The third-order valence-electron chi connectivity index (χ3n) is 5.24. The number of benzene rings is 3. The van der Waals surface area contributed by atoms with E-state index in [2.05, 4.69) is 37.8 Å². The maximum Gasteiger partial charge on any atom is 0.240 e. The quantitative estimate of drug-likeness (QED) is 0.237. The first-order valence-corrected chi connectivity index (χ1v) is 12.4. The summed E-state index contributed by atoms with van der Waals surface area (Å²) in [6.45, 7) is 4.38. The molecule has 0 bridgehead atoms. The lowest BCUT2D eigenvalue weighted by Gasteiger charge is -2.15. The van der Waals surface area contributed by atoms with Crippen molar-refractivity contribution in [2.24, 2.45) is 5.10 Å². The Labute approximate surface area is 224 Å². The minimum Gasteiger partial charge on any atom is -0.490 e. The molecular formula is C28H27BrN4O4. The zero-order chi connectivity index (χ0) is 26.6. The van der Waals surface area contributed by atoms with E-state index in [0.717, 1.165) is 16.8 Å². The van der Waals surface area contributed by atoms with Crippen molar-refractivity contribution >= 4 is 39.6 Å². The Bertz CT molecular complexity index is 1330. The van der Waals surface area contributed by atoms with E-state index in [0.29, 0.717) is 33.7 Å². The summed E-state index contributed by atoms with van der Waals surface area (Å²) in [7, 11) is 0. The fourth-order valence-electron chi connectivity index (χ4n) is 3.36. The summed E-state index contributed by atoms with van der Waals surface area (Å²) < 4.78 is 12.3. The third kappa shape index (κ3) is 8.19. The number of ether oxygens (including phenoxy) is 2. The van der Waals surface area contributed by atoms with Crippen molar-refractivity contribution in [2.45, 2.75) is 33.3 Å². The second kappa shape index (κ2) is 13.8. The number of rotatable bonds is 11. The number of hydrogen-bond acceptors (Lipinski definition) is 6. The molecule has 0 saturated carbocycles. The van der Waals surface area contributed by atoms with Crippen molar-refractivity contribution in [1.82, 2.24) is 5.43 Å². The highest BCUT2D eigenvalue weighted by Crippen LogP contribution is 2.37. The molecule has 0 spiro atoms. The van der Waals surface area contributed by atoms with Gasteiger partial charge in [0.1, 0.15) is 6.61 Å². The van der Waals surface area contributed by atoms with Crippen LogP contribution in [0, 0.1) is 18.3 Å². The lowest BCUT2D eigenvalue weighted by Crippen LogP contribution is -2.20. The maximum absolute atomic E-state index is 12.1. The Morgan fingerprint density at radius 3 is 2.54 bits per heavy atom. The maximum atomic E-state index is 12.1. The highest BCUT2D eigenvalue weighted by molar-refractivity contribution is 9.10. The molecule has 190 valence electrons. The number of halogens is 1. The van der Waals surface area contributed by atoms with Gasteiger partial charge in [0, 0.05) is 24.1 Å². The Balaban J connectivity index is 1.57. The van der Waals surface area contributed by atoms with Gasteiger partial charge in [0.05, 0.1) is 28.9 Å². The molecule has 8 nitrogen and oxygen atoms in total. The lowest BCUT2D eigenvalue weighted by atomic mass is 10.1. The Morgan fingerprint density at radius 1 is 1.05 bits per heavy atom. The van der Waals surface area contributed by atoms with Crippen LogP contribution in [0.15, 0.2) is 70.2 Å². The van der Waals surface area contributed by atoms with Crippen LogP contribution < -0.4 is 20.2 Å². The molecule has 0 radical (unpaired) electrons. The number of nitrogens with one attached hydrogen (secondary N) is 2. The Hall–Kier alpha value is -4.16. The van der Waals surface area contributed by atoms with Gasteiger partial charge in [0.2, 0.25) is 11.8 Å². The van der Waals surface area contributed by atoms with Crippen LogP contribution in [-0.2, 0) is 16.2 Å². The zero-order valence-corrected chi connectivity index (χ0v) is 22.2. The van der Waals surface area contributed by atoms with Crippen molar-refractivity contribution < 1.29 is 19.1 Å². The Morgan fingerprint density at radius 2 is 1.78 bits per heavy atom. The Kier molecular flexibility index (Phi) is 10.2. The van der Waals surface area contributed by atoms with E-state index in [9.17, 15) is 14.9 Å². The summed E-state index contributed by atoms with van der Waals surface area (Å²) >= 11 is 3.51. The summed E-state index contributed by atoms with van der Waals surface area (Å²) in [5.74, 6) is 0.366. The van der Waals surface area contributed by atoms with Gasteiger partial charge in [-0.15, -0.1) is 0 Å². The van der Waals surface area contributed by atoms with Gasteiger partial charge in [-0.3, -0.25) is 9.59 Å². The average molecular weight is 563 g/mol. The van der Waals surface area contributed by atoms with Gasteiger partial charge in [-0.1, -0.05) is 36.4 Å². The third-order valence-corrected chi connectivity index (χ3v) is 5.83. The molecule has 0 aromatic heterocycles. The molecule has 2 N–H and O–H groups in total. The number of carbonyl (C=O) groups excluding carboxylic acids is 2. The van der Waals surface area contributed by atoms with Gasteiger partial charge in [-0.05, 0) is 65.2 Å². The van der Waals surface area contributed by atoms with E-state index in [1.54, 1.807) is 24.3 Å². The molecule has 0 heterocycles. The van der Waals surface area contributed by atoms with Crippen LogP contribution in [0.2, 0.25) is 0 Å². The summed E-state index contributed by atoms with van der Waals surface area (Å²) in [5.41, 5.74) is 6.09. The van der Waals surface area contributed by atoms with Crippen LogP contribution >= 0.6 is 15.9 Å². The molecular weight excluding hydrogens is 536 g/mol. The second-order valence-corrected chi connectivity index (χ2v) is 8.83. The molecule has 0 fully saturated rings. The number of hydrazone groups is 1. The molecule has 0 aliphatic rings. The SMILES string of the molecule is CCOc1cc(C=NNC(=O)CCC(=O)Nc2ccccc2C)cc(Br)c1OCc1ccccc1C#N. The van der Waals surface area contributed by atoms with E-state index in [1.807, 2.05) is 50.2 Å². The van der Waals surface area contributed by atoms with E-state index >= 15 is 0 Å². The first-order chi connectivity index (χ1) is 17.9. The zero-order valence-electron chi connectivity index (χ0n) is 20.6. The van der Waals surface area contributed by atoms with Crippen LogP contribution in [0.4, 0.5) is 5.69 Å². The van der Waals surface area contributed by atoms with Gasteiger partial charge in [-0.25, -0.2) is 5.43 Å². The number of aryl methyl sites for hydroxylation is 1. The number of amides is 2. The number of nitrogens with zero attached hydrogens (tertiary/aromatic N) is 2. The molecule has 0 atom stereocenters. The summed E-state index contributed by atoms with van der Waals surface area (Å²) in [6, 6.07) is 20.3. The van der Waals surface area contributed by atoms with Crippen molar-refractivity contribution in [1.29, 1.82) is 5.26 Å². The number of carbonyl (C=O) groups is 2. The first-order valence-electron chi connectivity index (χ1n) is 11.7.